The summed E-state index contributed by atoms with van der Waals surface area (Å²) < 4.78 is 5.56. The molecule has 0 aliphatic carbocycles. The number of aromatic carboxylic acids is 1. The van der Waals surface area contributed by atoms with E-state index >= 15 is 0 Å². The molecular formula is C16H11NO4. The Bertz CT molecular complexity index is 747. The number of carboxylic acids is 1. The van der Waals surface area contributed by atoms with Gasteiger partial charge in [-0.2, -0.15) is 0 Å². The Morgan fingerprint density at radius 2 is 1.81 bits per heavy atom. The van der Waals surface area contributed by atoms with Crippen LogP contribution >= 0.6 is 0 Å². The van der Waals surface area contributed by atoms with E-state index in [1.807, 2.05) is 12.1 Å². The molecule has 0 atom stereocenters. The van der Waals surface area contributed by atoms with Crippen LogP contribution in [0.1, 0.15) is 15.9 Å². The smallest absolute Gasteiger partial charge is 0.335 e. The number of nitrogens with one attached hydrogen (secondary N) is 1. The molecule has 5 nitrogen and oxygen atoms in total. The van der Waals surface area contributed by atoms with Crippen molar-refractivity contribution < 1.29 is 19.4 Å². The van der Waals surface area contributed by atoms with Gasteiger partial charge in [0.1, 0.15) is 0 Å². The summed E-state index contributed by atoms with van der Waals surface area (Å²) in [6.45, 7) is 0. The Morgan fingerprint density at radius 1 is 1.10 bits per heavy atom. The Labute approximate surface area is 120 Å². The van der Waals surface area contributed by atoms with Crippen LogP contribution in [0.25, 0.3) is 6.08 Å². The van der Waals surface area contributed by atoms with Gasteiger partial charge in [0.15, 0.2) is 11.5 Å². The van der Waals surface area contributed by atoms with E-state index in [9.17, 15) is 9.59 Å². The van der Waals surface area contributed by atoms with Crippen LogP contribution in [0, 0.1) is 0 Å². The van der Waals surface area contributed by atoms with Crippen LogP contribution in [0.3, 0.4) is 0 Å². The fraction of sp³-hybridized carbons (Fsp3) is 0. The summed E-state index contributed by atoms with van der Waals surface area (Å²) >= 11 is 0. The van der Waals surface area contributed by atoms with Gasteiger partial charge in [0.25, 0.3) is 5.91 Å². The monoisotopic (exact) mass is 281 g/mol. The van der Waals surface area contributed by atoms with Crippen LogP contribution in [-0.2, 0) is 4.79 Å². The predicted molar refractivity (Wildman–Crippen MR) is 77.1 cm³/mol. The number of rotatable bonds is 2. The van der Waals surface area contributed by atoms with Crippen molar-refractivity contribution in [2.45, 2.75) is 0 Å². The molecule has 0 aromatic heterocycles. The van der Waals surface area contributed by atoms with E-state index in [0.29, 0.717) is 17.0 Å². The molecular weight excluding hydrogens is 270 g/mol. The number of para-hydroxylation sites is 2. The molecule has 1 heterocycles. The maximum atomic E-state index is 11.9. The van der Waals surface area contributed by atoms with Crippen molar-refractivity contribution in [1.29, 1.82) is 0 Å². The lowest BCUT2D eigenvalue weighted by molar-refractivity contribution is -0.115. The number of fused-ring (bicyclic) bond motifs is 1. The topological polar surface area (TPSA) is 75.6 Å². The van der Waals surface area contributed by atoms with Crippen molar-refractivity contribution in [1.82, 2.24) is 0 Å². The molecule has 21 heavy (non-hydrogen) atoms. The van der Waals surface area contributed by atoms with Crippen LogP contribution in [0.15, 0.2) is 54.3 Å². The SMILES string of the molecule is O=C1Nc2ccccc2OC1=Cc1ccc(C(=O)O)cc1. The van der Waals surface area contributed by atoms with E-state index in [2.05, 4.69) is 5.32 Å². The summed E-state index contributed by atoms with van der Waals surface area (Å²) in [5.74, 6) is -0.590. The van der Waals surface area contributed by atoms with Crippen molar-refractivity contribution in [3.8, 4) is 5.75 Å². The molecule has 0 saturated heterocycles. The zero-order chi connectivity index (χ0) is 14.8. The molecule has 1 aliphatic rings. The zero-order valence-corrected chi connectivity index (χ0v) is 10.9. The molecule has 5 heteroatoms. The lowest BCUT2D eigenvalue weighted by Crippen LogP contribution is -2.23. The zero-order valence-electron chi connectivity index (χ0n) is 10.9. The number of benzene rings is 2. The molecule has 104 valence electrons. The highest BCUT2D eigenvalue weighted by molar-refractivity contribution is 6.08. The van der Waals surface area contributed by atoms with Crippen molar-refractivity contribution in [2.75, 3.05) is 5.32 Å². The molecule has 2 aromatic carbocycles. The largest absolute Gasteiger partial charge is 0.478 e. The highest BCUT2D eigenvalue weighted by Crippen LogP contribution is 2.30. The lowest BCUT2D eigenvalue weighted by Gasteiger charge is -2.19. The number of hydrogen-bond donors (Lipinski definition) is 2. The minimum Gasteiger partial charge on any atom is -0.478 e. The van der Waals surface area contributed by atoms with Gasteiger partial charge in [-0.1, -0.05) is 24.3 Å². The van der Waals surface area contributed by atoms with E-state index in [0.717, 1.165) is 0 Å². The third kappa shape index (κ3) is 2.62. The lowest BCUT2D eigenvalue weighted by atomic mass is 10.1. The third-order valence-corrected chi connectivity index (χ3v) is 3.03. The Hall–Kier alpha value is -3.08. The normalized spacial score (nSPS) is 15.0. The first-order chi connectivity index (χ1) is 10.1. The fourth-order valence-corrected chi connectivity index (χ4v) is 1.98. The Balaban J connectivity index is 1.90. The molecule has 2 N–H and O–H groups in total. The highest BCUT2D eigenvalue weighted by atomic mass is 16.5. The van der Waals surface area contributed by atoms with Crippen molar-refractivity contribution in [3.05, 3.63) is 65.4 Å². The summed E-state index contributed by atoms with van der Waals surface area (Å²) in [5, 5.41) is 11.6. The first-order valence-electron chi connectivity index (χ1n) is 6.27. The number of ether oxygens (including phenoxy) is 1. The molecule has 0 radical (unpaired) electrons. The average molecular weight is 281 g/mol. The quantitative estimate of drug-likeness (QED) is 0.830. The number of hydrogen-bond acceptors (Lipinski definition) is 3. The van der Waals surface area contributed by atoms with Gasteiger partial charge in [-0.3, -0.25) is 4.79 Å². The van der Waals surface area contributed by atoms with Gasteiger partial charge < -0.3 is 15.2 Å². The number of anilines is 1. The number of carbonyl (C=O) groups is 2. The number of carboxylic acid groups (broad SMARTS) is 1. The summed E-state index contributed by atoms with van der Waals surface area (Å²) in [4.78, 5) is 22.7. The molecule has 1 amide bonds. The minimum absolute atomic E-state index is 0.164. The van der Waals surface area contributed by atoms with Crippen LogP contribution in [-0.4, -0.2) is 17.0 Å². The van der Waals surface area contributed by atoms with Crippen LogP contribution in [0.2, 0.25) is 0 Å². The fourth-order valence-electron chi connectivity index (χ4n) is 1.98. The van der Waals surface area contributed by atoms with Gasteiger partial charge in [0.05, 0.1) is 11.3 Å². The summed E-state index contributed by atoms with van der Waals surface area (Å²) in [6, 6.07) is 13.3. The Kier molecular flexibility index (Phi) is 3.16. The van der Waals surface area contributed by atoms with Crippen LogP contribution in [0.4, 0.5) is 5.69 Å². The van der Waals surface area contributed by atoms with E-state index in [4.69, 9.17) is 9.84 Å². The standard InChI is InChI=1S/C16H11NO4/c18-15-14(21-13-4-2-1-3-12(13)17-15)9-10-5-7-11(8-6-10)16(19)20/h1-9H,(H,17,18)(H,19,20). The van der Waals surface area contributed by atoms with Gasteiger partial charge in [0, 0.05) is 0 Å². The maximum Gasteiger partial charge on any atom is 0.335 e. The van der Waals surface area contributed by atoms with E-state index in [-0.39, 0.29) is 17.2 Å². The maximum absolute atomic E-state index is 11.9. The predicted octanol–water partition coefficient (Wildman–Crippen LogP) is 2.76. The molecule has 0 saturated carbocycles. The molecule has 2 aromatic rings. The summed E-state index contributed by atoms with van der Waals surface area (Å²) in [5.41, 5.74) is 1.50. The average Bonchev–Trinajstić information content (AvgIpc) is 2.48. The Morgan fingerprint density at radius 3 is 2.52 bits per heavy atom. The van der Waals surface area contributed by atoms with Crippen LogP contribution < -0.4 is 10.1 Å². The first kappa shape index (κ1) is 12.9. The second kappa shape index (κ2) is 5.13. The second-order valence-corrected chi connectivity index (χ2v) is 4.49. The molecule has 0 unspecified atom stereocenters. The van der Waals surface area contributed by atoms with Gasteiger partial charge >= 0.3 is 5.97 Å². The van der Waals surface area contributed by atoms with Gasteiger partial charge in [-0.15, -0.1) is 0 Å². The first-order valence-corrected chi connectivity index (χ1v) is 6.27. The van der Waals surface area contributed by atoms with Gasteiger partial charge in [0.2, 0.25) is 0 Å². The highest BCUT2D eigenvalue weighted by Gasteiger charge is 2.21. The third-order valence-electron chi connectivity index (χ3n) is 3.03. The van der Waals surface area contributed by atoms with Crippen molar-refractivity contribution >= 4 is 23.6 Å². The van der Waals surface area contributed by atoms with Gasteiger partial charge in [-0.05, 0) is 35.9 Å². The molecule has 0 spiro atoms. The summed E-state index contributed by atoms with van der Waals surface area (Å²) in [7, 11) is 0. The molecule has 0 fully saturated rings. The minimum atomic E-state index is -0.991. The second-order valence-electron chi connectivity index (χ2n) is 4.49. The van der Waals surface area contributed by atoms with E-state index in [1.165, 1.54) is 12.1 Å². The molecule has 0 bridgehead atoms. The molecule has 3 rings (SSSR count). The van der Waals surface area contributed by atoms with Gasteiger partial charge in [-0.25, -0.2) is 4.79 Å². The summed E-state index contributed by atoms with van der Waals surface area (Å²) in [6.07, 6.45) is 1.57. The van der Waals surface area contributed by atoms with Crippen molar-refractivity contribution in [3.63, 3.8) is 0 Å². The van der Waals surface area contributed by atoms with E-state index in [1.54, 1.807) is 30.3 Å². The van der Waals surface area contributed by atoms with E-state index < -0.39 is 5.97 Å². The van der Waals surface area contributed by atoms with Crippen LogP contribution in [0.5, 0.6) is 5.75 Å². The number of amides is 1. The van der Waals surface area contributed by atoms with Crippen molar-refractivity contribution in [2.24, 2.45) is 0 Å². The molecule has 1 aliphatic heterocycles. The number of carbonyl (C=O) groups excluding carboxylic acids is 1.